The lowest BCUT2D eigenvalue weighted by Crippen LogP contribution is -2.35. The van der Waals surface area contributed by atoms with Crippen molar-refractivity contribution in [3.05, 3.63) is 58.7 Å². The Balaban J connectivity index is 1.89. The second-order valence-corrected chi connectivity index (χ2v) is 10.6. The molecule has 36 heavy (non-hydrogen) atoms. The van der Waals surface area contributed by atoms with Gasteiger partial charge in [-0.1, -0.05) is 19.1 Å². The third kappa shape index (κ3) is 8.82. The lowest BCUT2D eigenvalue weighted by molar-refractivity contribution is 0.0943. The zero-order valence-electron chi connectivity index (χ0n) is 24.0. The summed E-state index contributed by atoms with van der Waals surface area (Å²) >= 11 is 0. The molecule has 6 heteroatoms. The van der Waals surface area contributed by atoms with Crippen LogP contribution in [-0.2, 0) is 0 Å². The summed E-state index contributed by atoms with van der Waals surface area (Å²) in [4.78, 5) is 19.2. The van der Waals surface area contributed by atoms with Crippen LogP contribution in [0.5, 0.6) is 5.75 Å². The van der Waals surface area contributed by atoms with E-state index in [1.54, 1.807) is 0 Å². The molecule has 0 heterocycles. The molecule has 2 aromatic carbocycles. The Morgan fingerprint density at radius 2 is 1.69 bits per heavy atom. The molecule has 0 saturated carbocycles. The number of nitrogens with one attached hydrogen (secondary N) is 1. The first kappa shape index (κ1) is 29.7. The van der Waals surface area contributed by atoms with Crippen molar-refractivity contribution < 1.29 is 9.53 Å². The van der Waals surface area contributed by atoms with Gasteiger partial charge >= 0.3 is 0 Å². The number of nitrogens with zero attached hydrogens (tertiary/aromatic N) is 3. The third-order valence-corrected chi connectivity index (χ3v) is 6.98. The summed E-state index contributed by atoms with van der Waals surface area (Å²) in [5.41, 5.74) is 5.56. The van der Waals surface area contributed by atoms with Gasteiger partial charge in [0.25, 0.3) is 5.91 Å². The first-order valence-electron chi connectivity index (χ1n) is 13.1. The van der Waals surface area contributed by atoms with Crippen LogP contribution in [-0.4, -0.2) is 77.2 Å². The highest BCUT2D eigenvalue weighted by atomic mass is 16.5. The Bertz CT molecular complexity index is 973. The number of rotatable bonds is 14. The number of amides is 1. The van der Waals surface area contributed by atoms with Crippen LogP contribution < -0.4 is 15.0 Å². The van der Waals surface area contributed by atoms with Crippen molar-refractivity contribution in [3.63, 3.8) is 0 Å². The summed E-state index contributed by atoms with van der Waals surface area (Å²) in [6.45, 7) is 12.2. The number of hydrogen-bond acceptors (Lipinski definition) is 5. The molecule has 6 nitrogen and oxygen atoms in total. The number of ether oxygens (including phenoxy) is 1. The molecule has 0 aliphatic carbocycles. The Hall–Kier alpha value is -2.57. The van der Waals surface area contributed by atoms with Crippen LogP contribution in [0, 0.1) is 19.8 Å². The SMILES string of the molecule is Cc1c(OCCCCN(C)C)ccc(C(C)N(C)CC(C)CNC(=O)c2cccc(N(C)C)c2)c1C. The molecule has 0 fully saturated rings. The minimum absolute atomic E-state index is 0.0231. The second-order valence-electron chi connectivity index (χ2n) is 10.6. The highest BCUT2D eigenvalue weighted by Gasteiger charge is 2.19. The third-order valence-electron chi connectivity index (χ3n) is 6.98. The van der Waals surface area contributed by atoms with Crippen LogP contribution in [0.2, 0.25) is 0 Å². The molecule has 200 valence electrons. The van der Waals surface area contributed by atoms with Crippen molar-refractivity contribution in [1.82, 2.24) is 15.1 Å². The standard InChI is InChI=1S/C30H48N4O2/c1-22(20-31-30(35)26-13-12-14-27(19-26)33(7)8)21-34(9)25(4)28-15-16-29(24(3)23(28)2)36-18-11-10-17-32(5)6/h12-16,19,22,25H,10-11,17-18,20-21H2,1-9H3,(H,31,35). The fourth-order valence-corrected chi connectivity index (χ4v) is 4.38. The summed E-state index contributed by atoms with van der Waals surface area (Å²) in [7, 11) is 10.3. The van der Waals surface area contributed by atoms with Gasteiger partial charge in [-0.05, 0) is 108 Å². The molecular weight excluding hydrogens is 448 g/mol. The monoisotopic (exact) mass is 496 g/mol. The molecule has 0 aliphatic rings. The molecule has 1 amide bonds. The fourth-order valence-electron chi connectivity index (χ4n) is 4.38. The van der Waals surface area contributed by atoms with E-state index in [1.807, 2.05) is 43.3 Å². The normalized spacial score (nSPS) is 13.1. The fraction of sp³-hybridized carbons (Fsp3) is 0.567. The van der Waals surface area contributed by atoms with E-state index in [9.17, 15) is 4.79 Å². The van der Waals surface area contributed by atoms with Crippen LogP contribution in [0.15, 0.2) is 36.4 Å². The van der Waals surface area contributed by atoms with E-state index in [2.05, 4.69) is 76.1 Å². The highest BCUT2D eigenvalue weighted by Crippen LogP contribution is 2.30. The molecule has 0 aromatic heterocycles. The molecule has 2 atom stereocenters. The quantitative estimate of drug-likeness (QED) is 0.367. The minimum atomic E-state index is -0.0231. The van der Waals surface area contributed by atoms with Crippen LogP contribution in [0.1, 0.15) is 59.8 Å². The summed E-state index contributed by atoms with van der Waals surface area (Å²) in [5.74, 6) is 1.29. The zero-order chi connectivity index (χ0) is 26.8. The first-order valence-corrected chi connectivity index (χ1v) is 13.1. The van der Waals surface area contributed by atoms with Crippen molar-refractivity contribution in [2.24, 2.45) is 5.92 Å². The summed E-state index contributed by atoms with van der Waals surface area (Å²) in [6, 6.07) is 12.3. The number of carbonyl (C=O) groups excluding carboxylic acids is 1. The molecule has 2 rings (SSSR count). The molecule has 0 spiro atoms. The Labute approximate surface area is 219 Å². The van der Waals surface area contributed by atoms with Gasteiger partial charge in [-0.15, -0.1) is 0 Å². The number of unbranched alkanes of at least 4 members (excludes halogenated alkanes) is 1. The molecule has 2 unspecified atom stereocenters. The molecule has 0 saturated heterocycles. The molecule has 0 aliphatic heterocycles. The molecule has 2 aromatic rings. The summed E-state index contributed by atoms with van der Waals surface area (Å²) < 4.78 is 6.10. The number of hydrogen-bond donors (Lipinski definition) is 1. The molecule has 0 radical (unpaired) electrons. The van der Waals surface area contributed by atoms with E-state index in [-0.39, 0.29) is 11.9 Å². The van der Waals surface area contributed by atoms with Crippen LogP contribution in [0.4, 0.5) is 5.69 Å². The van der Waals surface area contributed by atoms with Gasteiger partial charge in [-0.2, -0.15) is 0 Å². The number of benzene rings is 2. The number of anilines is 1. The van der Waals surface area contributed by atoms with Crippen molar-refractivity contribution >= 4 is 11.6 Å². The average molecular weight is 497 g/mol. The maximum absolute atomic E-state index is 12.7. The maximum atomic E-state index is 12.7. The zero-order valence-corrected chi connectivity index (χ0v) is 24.0. The van der Waals surface area contributed by atoms with Crippen molar-refractivity contribution in [2.45, 2.75) is 46.6 Å². The Morgan fingerprint density at radius 1 is 0.972 bits per heavy atom. The average Bonchev–Trinajstić information content (AvgIpc) is 2.84. The van der Waals surface area contributed by atoms with Crippen LogP contribution >= 0.6 is 0 Å². The van der Waals surface area contributed by atoms with E-state index in [0.717, 1.165) is 44.0 Å². The smallest absolute Gasteiger partial charge is 0.251 e. The van der Waals surface area contributed by atoms with Crippen molar-refractivity contribution in [3.8, 4) is 5.75 Å². The number of carbonyl (C=O) groups is 1. The predicted molar refractivity (Wildman–Crippen MR) is 153 cm³/mol. The minimum Gasteiger partial charge on any atom is -0.493 e. The van der Waals surface area contributed by atoms with Gasteiger partial charge in [0.2, 0.25) is 0 Å². The van der Waals surface area contributed by atoms with Gasteiger partial charge in [-0.3, -0.25) is 9.69 Å². The first-order chi connectivity index (χ1) is 17.0. The molecule has 1 N–H and O–H groups in total. The molecule has 0 bridgehead atoms. The lowest BCUT2D eigenvalue weighted by atomic mass is 9.96. The Kier molecular flexibility index (Phi) is 11.7. The van der Waals surface area contributed by atoms with E-state index in [1.165, 1.54) is 16.7 Å². The van der Waals surface area contributed by atoms with Crippen molar-refractivity contribution in [1.29, 1.82) is 0 Å². The largest absolute Gasteiger partial charge is 0.493 e. The van der Waals surface area contributed by atoms with Crippen molar-refractivity contribution in [2.75, 3.05) is 66.4 Å². The summed E-state index contributed by atoms with van der Waals surface area (Å²) in [5, 5.41) is 3.11. The van der Waals surface area contributed by atoms with Gasteiger partial charge in [0.1, 0.15) is 5.75 Å². The maximum Gasteiger partial charge on any atom is 0.251 e. The molecular formula is C30H48N4O2. The van der Waals surface area contributed by atoms with Crippen LogP contribution in [0.25, 0.3) is 0 Å². The van der Waals surface area contributed by atoms with Gasteiger partial charge in [0.15, 0.2) is 0 Å². The van der Waals surface area contributed by atoms with Crippen LogP contribution in [0.3, 0.4) is 0 Å². The topological polar surface area (TPSA) is 48.1 Å². The summed E-state index contributed by atoms with van der Waals surface area (Å²) in [6.07, 6.45) is 2.21. The lowest BCUT2D eigenvalue weighted by Gasteiger charge is -2.30. The Morgan fingerprint density at radius 3 is 2.36 bits per heavy atom. The van der Waals surface area contributed by atoms with Gasteiger partial charge in [0.05, 0.1) is 6.61 Å². The van der Waals surface area contributed by atoms with E-state index >= 15 is 0 Å². The van der Waals surface area contributed by atoms with E-state index < -0.39 is 0 Å². The van der Waals surface area contributed by atoms with E-state index in [0.29, 0.717) is 18.0 Å². The van der Waals surface area contributed by atoms with Gasteiger partial charge in [0, 0.05) is 44.5 Å². The predicted octanol–water partition coefficient (Wildman–Crippen LogP) is 5.15. The van der Waals surface area contributed by atoms with Gasteiger partial charge in [-0.25, -0.2) is 0 Å². The second kappa shape index (κ2) is 14.2. The van der Waals surface area contributed by atoms with Gasteiger partial charge < -0.3 is 19.9 Å². The highest BCUT2D eigenvalue weighted by molar-refractivity contribution is 5.95. The van der Waals surface area contributed by atoms with E-state index in [4.69, 9.17) is 4.74 Å².